The third kappa shape index (κ3) is 5.89. The van der Waals surface area contributed by atoms with Crippen molar-refractivity contribution < 1.29 is 14.3 Å². The monoisotopic (exact) mass is 787 g/mol. The largest absolute Gasteiger partial charge is 0.487 e. The molecule has 2 heterocycles. The fourth-order valence-corrected chi connectivity index (χ4v) is 7.76. The number of carbonyl (C=O) groups is 1. The van der Waals surface area contributed by atoms with E-state index in [1.807, 2.05) is 73.7 Å². The lowest BCUT2D eigenvalue weighted by molar-refractivity contribution is -0.136. The smallest absolute Gasteiger partial charge is 0.338 e. The zero-order valence-electron chi connectivity index (χ0n) is 22.1. The number of rotatable bonds is 7. The van der Waals surface area contributed by atoms with Gasteiger partial charge in [-0.3, -0.25) is 9.36 Å². The minimum absolute atomic E-state index is 0.207. The molecule has 0 aliphatic carbocycles. The van der Waals surface area contributed by atoms with Crippen molar-refractivity contribution in [2.24, 2.45) is 4.99 Å². The predicted molar refractivity (Wildman–Crippen MR) is 174 cm³/mol. The first kappa shape index (κ1) is 29.2. The molecule has 41 heavy (non-hydrogen) atoms. The molecule has 7 nitrogen and oxygen atoms in total. The van der Waals surface area contributed by atoms with Crippen LogP contribution in [0.25, 0.3) is 6.08 Å². The van der Waals surface area contributed by atoms with E-state index in [9.17, 15) is 14.9 Å². The van der Waals surface area contributed by atoms with Gasteiger partial charge in [-0.2, -0.15) is 5.26 Å². The van der Waals surface area contributed by atoms with Gasteiger partial charge in [-0.15, -0.1) is 0 Å². The van der Waals surface area contributed by atoms with Crippen molar-refractivity contribution in [2.75, 3.05) is 7.11 Å². The van der Waals surface area contributed by atoms with Crippen LogP contribution in [0.2, 0.25) is 0 Å². The Morgan fingerprint density at radius 3 is 2.59 bits per heavy atom. The van der Waals surface area contributed by atoms with Crippen LogP contribution in [0, 0.1) is 18.5 Å². The Bertz CT molecular complexity index is 1910. The number of halogens is 2. The fraction of sp³-hybridized carbons (Fsp3) is 0.161. The van der Waals surface area contributed by atoms with Crippen LogP contribution in [0.1, 0.15) is 41.6 Å². The molecule has 206 valence electrons. The Labute approximate surface area is 267 Å². The molecular weight excluding hydrogens is 764 g/mol. The number of methoxy groups -OCH3 is 1. The Balaban J connectivity index is 1.67. The predicted octanol–water partition coefficient (Wildman–Crippen LogP) is 5.46. The fourth-order valence-electron chi connectivity index (χ4n) is 4.70. The summed E-state index contributed by atoms with van der Waals surface area (Å²) >= 11 is 5.74. The highest BCUT2D eigenvalue weighted by Gasteiger charge is 2.33. The number of nitrogens with zero attached hydrogens (tertiary/aromatic N) is 3. The molecule has 0 fully saturated rings. The third-order valence-corrected chi connectivity index (χ3v) is 9.01. The molecule has 1 aliphatic rings. The normalized spacial score (nSPS) is 14.7. The van der Waals surface area contributed by atoms with Gasteiger partial charge >= 0.3 is 5.97 Å². The number of hydrogen-bond acceptors (Lipinski definition) is 7. The van der Waals surface area contributed by atoms with E-state index in [0.29, 0.717) is 38.3 Å². The van der Waals surface area contributed by atoms with Crippen LogP contribution >= 0.6 is 56.5 Å². The van der Waals surface area contributed by atoms with Crippen molar-refractivity contribution in [3.05, 3.63) is 127 Å². The van der Waals surface area contributed by atoms with Crippen LogP contribution in [0.4, 0.5) is 0 Å². The summed E-state index contributed by atoms with van der Waals surface area (Å²) in [4.78, 5) is 32.3. The first-order valence-corrected chi connectivity index (χ1v) is 15.6. The van der Waals surface area contributed by atoms with Gasteiger partial charge < -0.3 is 9.47 Å². The van der Waals surface area contributed by atoms with Crippen molar-refractivity contribution in [3.63, 3.8) is 0 Å². The molecule has 0 bridgehead atoms. The van der Waals surface area contributed by atoms with Gasteiger partial charge in [0.2, 0.25) is 0 Å². The van der Waals surface area contributed by atoms with Crippen molar-refractivity contribution in [3.8, 4) is 11.8 Å². The van der Waals surface area contributed by atoms with Crippen molar-refractivity contribution >= 4 is 68.6 Å². The Kier molecular flexibility index (Phi) is 9.06. The molecule has 0 radical (unpaired) electrons. The maximum atomic E-state index is 14.0. The second-order valence-electron chi connectivity index (χ2n) is 9.06. The van der Waals surface area contributed by atoms with E-state index in [4.69, 9.17) is 14.5 Å². The Morgan fingerprint density at radius 1 is 1.15 bits per heavy atom. The van der Waals surface area contributed by atoms with E-state index in [2.05, 4.69) is 51.3 Å². The highest BCUT2D eigenvalue weighted by Crippen LogP contribution is 2.32. The van der Waals surface area contributed by atoms with Crippen LogP contribution < -0.4 is 19.6 Å². The van der Waals surface area contributed by atoms with Crippen LogP contribution in [0.3, 0.4) is 0 Å². The summed E-state index contributed by atoms with van der Waals surface area (Å²) in [7, 11) is 1.34. The average Bonchev–Trinajstić information content (AvgIpc) is 3.29. The SMILES string of the molecule is CCC1=C(C(=O)OC)[C@@H](c2ccccc2)n2c(s/c(=C/c3cc(I)cc(I)c3OCc3ccccc3C#N)c2=O)=N1. The van der Waals surface area contributed by atoms with Crippen LogP contribution in [-0.2, 0) is 16.1 Å². The number of hydrogen-bond donors (Lipinski definition) is 0. The molecule has 0 spiro atoms. The standard InChI is InChI=1S/C31H23I2N3O4S/c1-3-24-26(30(38)39-2)27(18-9-5-4-6-10-18)36-29(37)25(41-31(36)35-24)14-21-13-22(32)15-23(33)28(21)40-17-20-12-8-7-11-19(20)16-34/h4-15,27H,3,17H2,1-2H3/b25-14+/t27-/m1/s1. The first-order valence-electron chi connectivity index (χ1n) is 12.6. The molecule has 10 heteroatoms. The minimum atomic E-state index is -0.661. The maximum absolute atomic E-state index is 14.0. The van der Waals surface area contributed by atoms with Gasteiger partial charge in [0.15, 0.2) is 4.80 Å². The molecule has 1 aromatic heterocycles. The summed E-state index contributed by atoms with van der Waals surface area (Å²) in [5, 5.41) is 9.48. The van der Waals surface area contributed by atoms with Gasteiger partial charge in [0.25, 0.3) is 5.56 Å². The van der Waals surface area contributed by atoms with Gasteiger partial charge in [-0.05, 0) is 81.4 Å². The van der Waals surface area contributed by atoms with Gasteiger partial charge in [-0.1, -0.05) is 66.8 Å². The first-order chi connectivity index (χ1) is 19.9. The lowest BCUT2D eigenvalue weighted by Crippen LogP contribution is -2.40. The molecule has 4 aromatic rings. The van der Waals surface area contributed by atoms with E-state index in [1.165, 1.54) is 18.4 Å². The number of allylic oxidation sites excluding steroid dienone is 1. The zero-order valence-corrected chi connectivity index (χ0v) is 27.2. The highest BCUT2D eigenvalue weighted by atomic mass is 127. The van der Waals surface area contributed by atoms with Gasteiger partial charge in [0, 0.05) is 14.7 Å². The van der Waals surface area contributed by atoms with Crippen molar-refractivity contribution in [1.82, 2.24) is 4.57 Å². The number of nitriles is 1. The number of carbonyl (C=O) groups excluding carboxylic acids is 1. The number of fused-ring (bicyclic) bond motifs is 1. The summed E-state index contributed by atoms with van der Waals surface area (Å²) in [6.45, 7) is 2.14. The molecule has 0 saturated heterocycles. The van der Waals surface area contributed by atoms with E-state index >= 15 is 0 Å². The summed E-state index contributed by atoms with van der Waals surface area (Å²) in [6.07, 6.45) is 2.32. The average molecular weight is 787 g/mol. The lowest BCUT2D eigenvalue weighted by Gasteiger charge is -2.25. The van der Waals surface area contributed by atoms with Crippen molar-refractivity contribution in [2.45, 2.75) is 26.0 Å². The molecular formula is C31H23I2N3O4S. The molecule has 1 aliphatic heterocycles. The topological polar surface area (TPSA) is 93.7 Å². The zero-order chi connectivity index (χ0) is 29.1. The number of esters is 1. The second kappa shape index (κ2) is 12.7. The summed E-state index contributed by atoms with van der Waals surface area (Å²) in [6, 6.07) is 22.3. The summed E-state index contributed by atoms with van der Waals surface area (Å²) in [5.74, 6) is 0.114. The number of ether oxygens (including phenoxy) is 2. The van der Waals surface area contributed by atoms with Crippen LogP contribution in [-0.4, -0.2) is 17.6 Å². The maximum Gasteiger partial charge on any atom is 0.338 e. The van der Waals surface area contributed by atoms with E-state index in [-0.39, 0.29) is 12.2 Å². The molecule has 3 aromatic carbocycles. The van der Waals surface area contributed by atoms with Gasteiger partial charge in [0.05, 0.1) is 44.2 Å². The lowest BCUT2D eigenvalue weighted by atomic mass is 9.95. The molecule has 1 atom stereocenters. The number of aromatic nitrogens is 1. The molecule has 5 rings (SSSR count). The molecule has 0 N–H and O–H groups in total. The van der Waals surface area contributed by atoms with Crippen LogP contribution in [0.15, 0.2) is 87.8 Å². The van der Waals surface area contributed by atoms with E-state index in [0.717, 1.165) is 23.8 Å². The van der Waals surface area contributed by atoms with Gasteiger partial charge in [0.1, 0.15) is 12.4 Å². The third-order valence-electron chi connectivity index (χ3n) is 6.60. The summed E-state index contributed by atoms with van der Waals surface area (Å²) < 4.78 is 15.3. The van der Waals surface area contributed by atoms with Crippen molar-refractivity contribution in [1.29, 1.82) is 5.26 Å². The highest BCUT2D eigenvalue weighted by molar-refractivity contribution is 14.1. The Hall–Kier alpha value is -3.28. The van der Waals surface area contributed by atoms with E-state index < -0.39 is 12.0 Å². The van der Waals surface area contributed by atoms with E-state index in [1.54, 1.807) is 10.6 Å². The quantitative estimate of drug-likeness (QED) is 0.184. The van der Waals surface area contributed by atoms with Gasteiger partial charge in [-0.25, -0.2) is 9.79 Å². The molecule has 0 amide bonds. The Morgan fingerprint density at radius 2 is 1.88 bits per heavy atom. The number of thiazole rings is 1. The molecule has 0 saturated carbocycles. The molecule has 0 unspecified atom stereocenters. The number of benzene rings is 3. The second-order valence-corrected chi connectivity index (χ2v) is 12.5. The van der Waals surface area contributed by atoms with Crippen LogP contribution in [0.5, 0.6) is 5.75 Å². The summed E-state index contributed by atoms with van der Waals surface area (Å²) in [5.41, 5.74) is 3.57. The minimum Gasteiger partial charge on any atom is -0.487 e.